The van der Waals surface area contributed by atoms with E-state index < -0.39 is 0 Å². The molecule has 0 aliphatic heterocycles. The number of fused-ring (bicyclic) bond motifs is 3. The summed E-state index contributed by atoms with van der Waals surface area (Å²) < 4.78 is 6.15. The monoisotopic (exact) mass is 442 g/mol. The van der Waals surface area contributed by atoms with E-state index in [4.69, 9.17) is 4.42 Å². The highest BCUT2D eigenvalue weighted by Gasteiger charge is 2.12. The highest BCUT2D eigenvalue weighted by atomic mass is 32.1. The molecule has 30 heavy (non-hydrogen) atoms. The predicted molar refractivity (Wildman–Crippen MR) is 133 cm³/mol. The third-order valence-corrected chi connectivity index (χ3v) is 8.96. The number of hydrogen-bond donors (Lipinski definition) is 0. The van der Waals surface area contributed by atoms with Gasteiger partial charge in [-0.15, -0.1) is 34.0 Å². The van der Waals surface area contributed by atoms with Crippen LogP contribution in [0.2, 0.25) is 0 Å². The number of rotatable bonds is 3. The maximum atomic E-state index is 6.15. The number of thiophene rings is 3. The van der Waals surface area contributed by atoms with Crippen molar-refractivity contribution in [2.45, 2.75) is 13.8 Å². The van der Waals surface area contributed by atoms with E-state index in [0.717, 1.165) is 11.2 Å². The van der Waals surface area contributed by atoms with Gasteiger partial charge < -0.3 is 4.42 Å². The first kappa shape index (κ1) is 18.1. The zero-order valence-corrected chi connectivity index (χ0v) is 19.0. The average molecular weight is 443 g/mol. The Morgan fingerprint density at radius 3 is 1.80 bits per heavy atom. The van der Waals surface area contributed by atoms with Crippen LogP contribution in [-0.4, -0.2) is 0 Å². The molecule has 0 fully saturated rings. The fraction of sp³-hybridized carbons (Fsp3) is 0.0769. The molecule has 1 nitrogen and oxygen atoms in total. The molecular weight excluding hydrogens is 424 g/mol. The third kappa shape index (κ3) is 3.03. The molecule has 146 valence electrons. The van der Waals surface area contributed by atoms with Crippen molar-refractivity contribution in [1.82, 2.24) is 0 Å². The molecule has 0 spiro atoms. The van der Waals surface area contributed by atoms with Gasteiger partial charge in [-0.05, 0) is 79.6 Å². The van der Waals surface area contributed by atoms with Gasteiger partial charge in [-0.1, -0.05) is 18.2 Å². The Morgan fingerprint density at radius 2 is 1.10 bits per heavy atom. The Hall–Kier alpha value is -2.66. The highest BCUT2D eigenvalue weighted by molar-refractivity contribution is 7.27. The van der Waals surface area contributed by atoms with Gasteiger partial charge in [-0.3, -0.25) is 0 Å². The van der Waals surface area contributed by atoms with Crippen molar-refractivity contribution in [1.29, 1.82) is 0 Å². The van der Waals surface area contributed by atoms with Gasteiger partial charge in [-0.2, -0.15) is 0 Å². The van der Waals surface area contributed by atoms with Gasteiger partial charge >= 0.3 is 0 Å². The Balaban J connectivity index is 1.36. The molecule has 0 saturated carbocycles. The molecule has 0 N–H and O–H groups in total. The van der Waals surface area contributed by atoms with Gasteiger partial charge in [0.2, 0.25) is 0 Å². The van der Waals surface area contributed by atoms with Crippen LogP contribution in [-0.2, 0) is 0 Å². The van der Waals surface area contributed by atoms with E-state index in [0.29, 0.717) is 0 Å². The third-order valence-electron chi connectivity index (χ3n) is 5.35. The SMILES string of the molecule is Cc1ccc2c(c1)oc1cc(-c3ccc(-c4ccc(-c5ccc(C)s5)s4)s3)ccc12. The predicted octanol–water partition coefficient (Wildman–Crippen LogP) is 9.39. The van der Waals surface area contributed by atoms with Crippen LogP contribution >= 0.6 is 34.0 Å². The topological polar surface area (TPSA) is 13.1 Å². The second-order valence-corrected chi connectivity index (χ2v) is 11.0. The Bertz CT molecular complexity index is 1520. The summed E-state index contributed by atoms with van der Waals surface area (Å²) in [5, 5.41) is 2.36. The summed E-state index contributed by atoms with van der Waals surface area (Å²) in [5.41, 5.74) is 4.34. The van der Waals surface area contributed by atoms with Gasteiger partial charge in [0.05, 0.1) is 0 Å². The molecular formula is C26H18OS3. The first-order valence-electron chi connectivity index (χ1n) is 9.84. The number of benzene rings is 2. The molecule has 6 rings (SSSR count). The maximum absolute atomic E-state index is 6.15. The largest absolute Gasteiger partial charge is 0.456 e. The molecule has 0 radical (unpaired) electrons. The molecule has 6 aromatic rings. The summed E-state index contributed by atoms with van der Waals surface area (Å²) in [6.45, 7) is 4.26. The molecule has 4 heterocycles. The number of furan rings is 1. The summed E-state index contributed by atoms with van der Waals surface area (Å²) in [7, 11) is 0. The van der Waals surface area contributed by atoms with Crippen LogP contribution < -0.4 is 0 Å². The second-order valence-electron chi connectivity index (χ2n) is 7.55. The quantitative estimate of drug-likeness (QED) is 0.266. The zero-order valence-electron chi connectivity index (χ0n) is 16.6. The van der Waals surface area contributed by atoms with E-state index >= 15 is 0 Å². The molecule has 0 saturated heterocycles. The lowest BCUT2D eigenvalue weighted by Gasteiger charge is -1.97. The van der Waals surface area contributed by atoms with Gasteiger partial charge in [0, 0.05) is 40.0 Å². The van der Waals surface area contributed by atoms with E-state index in [9.17, 15) is 0 Å². The van der Waals surface area contributed by atoms with Crippen molar-refractivity contribution >= 4 is 55.9 Å². The Labute approximate surface area is 186 Å². The minimum atomic E-state index is 0.953. The smallest absolute Gasteiger partial charge is 0.136 e. The van der Waals surface area contributed by atoms with Crippen LogP contribution in [0.5, 0.6) is 0 Å². The van der Waals surface area contributed by atoms with E-state index in [1.807, 2.05) is 34.0 Å². The normalized spacial score (nSPS) is 11.7. The minimum Gasteiger partial charge on any atom is -0.456 e. The lowest BCUT2D eigenvalue weighted by Crippen LogP contribution is -1.72. The summed E-state index contributed by atoms with van der Waals surface area (Å²) in [6.07, 6.45) is 0. The van der Waals surface area contributed by atoms with E-state index in [-0.39, 0.29) is 0 Å². The Morgan fingerprint density at radius 1 is 0.533 bits per heavy atom. The van der Waals surface area contributed by atoms with Crippen molar-refractivity contribution < 1.29 is 4.42 Å². The van der Waals surface area contributed by atoms with Crippen LogP contribution in [0.15, 0.2) is 77.2 Å². The van der Waals surface area contributed by atoms with E-state index in [1.54, 1.807) is 0 Å². The summed E-state index contributed by atoms with van der Waals surface area (Å²) >= 11 is 5.57. The molecule has 4 heteroatoms. The van der Waals surface area contributed by atoms with Crippen LogP contribution in [0.3, 0.4) is 0 Å². The van der Waals surface area contributed by atoms with E-state index in [2.05, 4.69) is 86.6 Å². The molecule has 0 aliphatic carbocycles. The van der Waals surface area contributed by atoms with Gasteiger partial charge in [0.25, 0.3) is 0 Å². The van der Waals surface area contributed by atoms with Crippen LogP contribution in [0.1, 0.15) is 10.4 Å². The standard InChI is InChI=1S/C26H18OS3/c1-15-3-6-18-19-7-5-17(14-21(19)27-20(18)13-15)22-9-10-25(29-22)26-12-11-24(30-26)23-8-4-16(2)28-23/h3-14H,1-2H3. The first-order valence-corrected chi connectivity index (χ1v) is 12.3. The molecule has 2 aromatic carbocycles. The van der Waals surface area contributed by atoms with Crippen molar-refractivity contribution in [2.24, 2.45) is 0 Å². The lowest BCUT2D eigenvalue weighted by molar-refractivity contribution is 0.669. The van der Waals surface area contributed by atoms with Crippen LogP contribution in [0, 0.1) is 13.8 Å². The number of hydrogen-bond acceptors (Lipinski definition) is 4. The van der Waals surface area contributed by atoms with Gasteiger partial charge in [-0.25, -0.2) is 0 Å². The van der Waals surface area contributed by atoms with Gasteiger partial charge in [0.15, 0.2) is 0 Å². The molecule has 0 bridgehead atoms. The maximum Gasteiger partial charge on any atom is 0.136 e. The van der Waals surface area contributed by atoms with Crippen LogP contribution in [0.4, 0.5) is 0 Å². The van der Waals surface area contributed by atoms with Gasteiger partial charge in [0.1, 0.15) is 11.2 Å². The fourth-order valence-corrected chi connectivity index (χ4v) is 6.89. The van der Waals surface area contributed by atoms with Crippen molar-refractivity contribution in [3.05, 3.63) is 83.2 Å². The van der Waals surface area contributed by atoms with Crippen molar-refractivity contribution in [3.63, 3.8) is 0 Å². The van der Waals surface area contributed by atoms with E-state index in [1.165, 1.54) is 51.2 Å². The summed E-state index contributed by atoms with van der Waals surface area (Å²) in [4.78, 5) is 7.96. The summed E-state index contributed by atoms with van der Waals surface area (Å²) in [5.74, 6) is 0. The molecule has 4 aromatic heterocycles. The highest BCUT2D eigenvalue weighted by Crippen LogP contribution is 2.42. The summed E-state index contributed by atoms with van der Waals surface area (Å²) in [6, 6.07) is 26.3. The molecule has 0 aliphatic rings. The zero-order chi connectivity index (χ0) is 20.2. The van der Waals surface area contributed by atoms with Crippen LogP contribution in [0.25, 0.3) is 51.9 Å². The molecule has 0 amide bonds. The fourth-order valence-electron chi connectivity index (χ4n) is 3.83. The minimum absolute atomic E-state index is 0.953. The number of aryl methyl sites for hydroxylation is 2. The average Bonchev–Trinajstić information content (AvgIpc) is 3.51. The second kappa shape index (κ2) is 6.95. The van der Waals surface area contributed by atoms with Crippen molar-refractivity contribution in [2.75, 3.05) is 0 Å². The lowest BCUT2D eigenvalue weighted by atomic mass is 10.1. The Kier molecular flexibility index (Phi) is 4.20. The first-order chi connectivity index (χ1) is 14.6. The molecule has 0 atom stereocenters. The molecule has 0 unspecified atom stereocenters. The van der Waals surface area contributed by atoms with Crippen molar-refractivity contribution in [3.8, 4) is 29.9 Å².